The van der Waals surface area contributed by atoms with E-state index in [1.54, 1.807) is 0 Å². The third kappa shape index (κ3) is 11.2. The number of carboxylic acid groups (broad SMARTS) is 1. The molecule has 0 heterocycles. The summed E-state index contributed by atoms with van der Waals surface area (Å²) in [4.78, 5) is 19.5. The average Bonchev–Trinajstić information content (AvgIpc) is 1.61. The molecule has 0 aliphatic carbocycles. The van der Waals surface area contributed by atoms with Gasteiger partial charge in [-0.2, -0.15) is 0 Å². The Morgan fingerprint density at radius 2 is 2.00 bits per heavy atom. The van der Waals surface area contributed by atoms with Gasteiger partial charge in [0, 0.05) is 6.92 Å². The zero-order valence-corrected chi connectivity index (χ0v) is 6.50. The van der Waals surface area contributed by atoms with Crippen molar-refractivity contribution in [3.63, 3.8) is 0 Å². The van der Waals surface area contributed by atoms with Gasteiger partial charge >= 0.3 is 11.9 Å². The second kappa shape index (κ2) is 5.55. The second-order valence-electron chi connectivity index (χ2n) is 1.17. The van der Waals surface area contributed by atoms with E-state index in [1.165, 1.54) is 0 Å². The molecule has 0 spiro atoms. The molecule has 0 aromatic carbocycles. The summed E-state index contributed by atoms with van der Waals surface area (Å²) >= 11 is 0. The summed E-state index contributed by atoms with van der Waals surface area (Å²) in [6.07, 6.45) is 0. The summed E-state index contributed by atoms with van der Waals surface area (Å²) in [6, 6.07) is 0. The second-order valence-corrected chi connectivity index (χ2v) is 1.17. The maximum atomic E-state index is 9.86. The molecule has 0 fully saturated rings. The van der Waals surface area contributed by atoms with Gasteiger partial charge in [0.2, 0.25) is 0 Å². The van der Waals surface area contributed by atoms with Crippen molar-refractivity contribution < 1.29 is 19.4 Å². The minimum Gasteiger partial charge on any atom is -0.479 e. The maximum absolute atomic E-state index is 9.86. The number of aliphatic carboxylic acids is 1. The molecule has 0 saturated heterocycles. The third-order valence-electron chi connectivity index (χ3n) is 0.399. The molecule has 0 amide bonds. The van der Waals surface area contributed by atoms with Gasteiger partial charge in [-0.1, -0.05) is 0 Å². The number of hydrogen-bond donors (Lipinski definition) is 1. The number of carboxylic acids is 1. The third-order valence-corrected chi connectivity index (χ3v) is 0.399. The van der Waals surface area contributed by atoms with Crippen LogP contribution in [0.2, 0.25) is 0 Å². The molecule has 0 aromatic rings. The Morgan fingerprint density at radius 3 is 2.11 bits per heavy atom. The first-order valence-electron chi connectivity index (χ1n) is 1.98. The van der Waals surface area contributed by atoms with Crippen molar-refractivity contribution in [1.29, 1.82) is 0 Å². The highest BCUT2D eigenvalue weighted by molar-refractivity contribution is 8.93. The van der Waals surface area contributed by atoms with Gasteiger partial charge in [0.25, 0.3) is 0 Å². The summed E-state index contributed by atoms with van der Waals surface area (Å²) in [5.41, 5.74) is 0. The summed E-state index contributed by atoms with van der Waals surface area (Å²) in [5, 5.41) is 7.89. The van der Waals surface area contributed by atoms with E-state index in [4.69, 9.17) is 5.11 Å². The lowest BCUT2D eigenvalue weighted by atomic mass is 10.7. The Bertz CT molecular complexity index is 97.1. The average molecular weight is 199 g/mol. The van der Waals surface area contributed by atoms with Crippen molar-refractivity contribution in [1.82, 2.24) is 0 Å². The van der Waals surface area contributed by atoms with Crippen LogP contribution >= 0.6 is 17.0 Å². The highest BCUT2D eigenvalue weighted by Gasteiger charge is 1.97. The number of esters is 1. The number of hydrogen-bond acceptors (Lipinski definition) is 3. The molecule has 0 aliphatic heterocycles. The zero-order chi connectivity index (χ0) is 6.57. The van der Waals surface area contributed by atoms with Crippen molar-refractivity contribution in [3.8, 4) is 0 Å². The molecule has 1 N–H and O–H groups in total. The van der Waals surface area contributed by atoms with Crippen molar-refractivity contribution in [2.45, 2.75) is 6.92 Å². The van der Waals surface area contributed by atoms with Crippen LogP contribution in [0.15, 0.2) is 0 Å². The minimum absolute atomic E-state index is 0. The summed E-state index contributed by atoms with van der Waals surface area (Å²) < 4.78 is 4.06. The van der Waals surface area contributed by atoms with Crippen LogP contribution in [0.4, 0.5) is 0 Å². The monoisotopic (exact) mass is 198 g/mol. The van der Waals surface area contributed by atoms with E-state index in [0.717, 1.165) is 6.92 Å². The topological polar surface area (TPSA) is 63.6 Å². The first-order valence-corrected chi connectivity index (χ1v) is 1.98. The van der Waals surface area contributed by atoms with E-state index < -0.39 is 18.5 Å². The van der Waals surface area contributed by atoms with Gasteiger partial charge < -0.3 is 9.84 Å². The van der Waals surface area contributed by atoms with E-state index in [1.807, 2.05) is 0 Å². The van der Waals surface area contributed by atoms with Crippen LogP contribution in [0.25, 0.3) is 0 Å². The number of carbonyl (C=O) groups excluding carboxylic acids is 1. The fourth-order valence-electron chi connectivity index (χ4n) is 0.163. The molecule has 4 nitrogen and oxygen atoms in total. The van der Waals surface area contributed by atoms with Crippen molar-refractivity contribution in [2.75, 3.05) is 6.61 Å². The van der Waals surface area contributed by atoms with E-state index in [2.05, 4.69) is 4.74 Å². The predicted molar refractivity (Wildman–Crippen MR) is 34.6 cm³/mol. The van der Waals surface area contributed by atoms with Gasteiger partial charge in [0.05, 0.1) is 0 Å². The van der Waals surface area contributed by atoms with Crippen LogP contribution in [-0.4, -0.2) is 23.7 Å². The van der Waals surface area contributed by atoms with Crippen LogP contribution in [0.3, 0.4) is 0 Å². The molecular formula is C4H7BrO4. The van der Waals surface area contributed by atoms with Gasteiger partial charge in [-0.25, -0.2) is 4.79 Å². The lowest BCUT2D eigenvalue weighted by molar-refractivity contribution is -0.153. The fraction of sp³-hybridized carbons (Fsp3) is 0.500. The van der Waals surface area contributed by atoms with E-state index in [-0.39, 0.29) is 17.0 Å². The first-order chi connectivity index (χ1) is 3.63. The highest BCUT2D eigenvalue weighted by atomic mass is 79.9. The van der Waals surface area contributed by atoms with E-state index in [0.29, 0.717) is 0 Å². The highest BCUT2D eigenvalue weighted by Crippen LogP contribution is 1.73. The Kier molecular flexibility index (Phi) is 6.94. The summed E-state index contributed by atoms with van der Waals surface area (Å²) in [5.74, 6) is -1.72. The van der Waals surface area contributed by atoms with Crippen LogP contribution in [0.5, 0.6) is 0 Å². The van der Waals surface area contributed by atoms with Crippen LogP contribution < -0.4 is 0 Å². The fourth-order valence-corrected chi connectivity index (χ4v) is 0.163. The quantitative estimate of drug-likeness (QED) is 0.645. The normalized spacial score (nSPS) is 7.22. The molecule has 0 aliphatic rings. The van der Waals surface area contributed by atoms with Gasteiger partial charge in [0.15, 0.2) is 6.61 Å². The molecular weight excluding hydrogens is 192 g/mol. The van der Waals surface area contributed by atoms with Crippen molar-refractivity contribution in [3.05, 3.63) is 0 Å². The van der Waals surface area contributed by atoms with E-state index in [9.17, 15) is 9.59 Å². The number of rotatable bonds is 2. The smallest absolute Gasteiger partial charge is 0.341 e. The predicted octanol–water partition coefficient (Wildman–Crippen LogP) is 0.212. The maximum Gasteiger partial charge on any atom is 0.341 e. The standard InChI is InChI=1S/C4H6O4.BrH/c1-3(5)8-2-4(6)7;/h2H2,1H3,(H,6,7);1H. The van der Waals surface area contributed by atoms with E-state index >= 15 is 0 Å². The summed E-state index contributed by atoms with van der Waals surface area (Å²) in [7, 11) is 0. The first kappa shape index (κ1) is 11.2. The number of ether oxygens (including phenoxy) is 1. The molecule has 0 rings (SSSR count). The SMILES string of the molecule is Br.CC(=O)OCC(=O)O. The number of halogens is 1. The Labute approximate surface area is 62.6 Å². The lowest BCUT2D eigenvalue weighted by Crippen LogP contribution is -2.09. The molecule has 0 atom stereocenters. The van der Waals surface area contributed by atoms with Crippen LogP contribution in [-0.2, 0) is 14.3 Å². The molecule has 0 aromatic heterocycles. The van der Waals surface area contributed by atoms with Gasteiger partial charge in [0.1, 0.15) is 0 Å². The largest absolute Gasteiger partial charge is 0.479 e. The number of carbonyl (C=O) groups is 2. The molecule has 5 heteroatoms. The molecule has 0 saturated carbocycles. The zero-order valence-electron chi connectivity index (χ0n) is 4.79. The van der Waals surface area contributed by atoms with Crippen molar-refractivity contribution >= 4 is 28.9 Å². The Balaban J connectivity index is 0. The molecule has 54 valence electrons. The van der Waals surface area contributed by atoms with Crippen molar-refractivity contribution in [2.24, 2.45) is 0 Å². The molecule has 9 heavy (non-hydrogen) atoms. The van der Waals surface area contributed by atoms with Gasteiger partial charge in [-0.3, -0.25) is 4.79 Å². The Hall–Kier alpha value is -0.580. The molecule has 0 bridgehead atoms. The Morgan fingerprint density at radius 1 is 1.56 bits per heavy atom. The van der Waals surface area contributed by atoms with Crippen LogP contribution in [0.1, 0.15) is 6.92 Å². The summed E-state index contributed by atoms with van der Waals surface area (Å²) in [6.45, 7) is 0.609. The molecule has 0 unspecified atom stereocenters. The van der Waals surface area contributed by atoms with Gasteiger partial charge in [-0.05, 0) is 0 Å². The van der Waals surface area contributed by atoms with Gasteiger partial charge in [-0.15, -0.1) is 17.0 Å². The van der Waals surface area contributed by atoms with Crippen LogP contribution in [0, 0.1) is 0 Å². The molecule has 0 radical (unpaired) electrons. The lowest BCUT2D eigenvalue weighted by Gasteiger charge is -1.92. The minimum atomic E-state index is -1.14.